The molecule has 0 spiro atoms. The molecule has 2 atom stereocenters. The molecule has 2 amide bonds. The summed E-state index contributed by atoms with van der Waals surface area (Å²) >= 11 is 0. The summed E-state index contributed by atoms with van der Waals surface area (Å²) < 4.78 is 13.7. The van der Waals surface area contributed by atoms with Gasteiger partial charge in [0, 0.05) is 11.3 Å². The molecular formula is C15H19FN2O3. The lowest BCUT2D eigenvalue weighted by Gasteiger charge is -2.37. The molecular weight excluding hydrogens is 275 g/mol. The number of anilines is 1. The molecule has 1 aliphatic heterocycles. The van der Waals surface area contributed by atoms with Crippen LogP contribution in [0.5, 0.6) is 0 Å². The second kappa shape index (κ2) is 5.81. The summed E-state index contributed by atoms with van der Waals surface area (Å²) in [5, 5.41) is 12.2. The molecule has 1 unspecified atom stereocenters. The zero-order chi connectivity index (χ0) is 15.7. The van der Waals surface area contributed by atoms with E-state index in [2.05, 4.69) is 5.32 Å². The monoisotopic (exact) mass is 294 g/mol. The van der Waals surface area contributed by atoms with Gasteiger partial charge in [-0.25, -0.2) is 4.39 Å². The van der Waals surface area contributed by atoms with Crippen molar-refractivity contribution >= 4 is 17.5 Å². The van der Waals surface area contributed by atoms with Crippen LogP contribution < -0.4 is 10.2 Å². The van der Waals surface area contributed by atoms with Crippen LogP contribution in [0.4, 0.5) is 10.1 Å². The molecule has 0 aromatic heterocycles. The maximum atomic E-state index is 13.7. The number of imide groups is 1. The van der Waals surface area contributed by atoms with E-state index in [0.29, 0.717) is 23.2 Å². The van der Waals surface area contributed by atoms with Gasteiger partial charge < -0.3 is 10.0 Å². The Morgan fingerprint density at radius 3 is 2.71 bits per heavy atom. The molecule has 0 radical (unpaired) electrons. The average molecular weight is 294 g/mol. The van der Waals surface area contributed by atoms with Gasteiger partial charge in [0.25, 0.3) is 0 Å². The van der Waals surface area contributed by atoms with Crippen molar-refractivity contribution in [1.29, 1.82) is 0 Å². The van der Waals surface area contributed by atoms with Gasteiger partial charge in [0.2, 0.25) is 11.8 Å². The molecule has 5 nitrogen and oxygen atoms in total. The van der Waals surface area contributed by atoms with E-state index in [0.717, 1.165) is 0 Å². The first-order valence-corrected chi connectivity index (χ1v) is 6.93. The van der Waals surface area contributed by atoms with Crippen molar-refractivity contribution in [2.45, 2.75) is 39.3 Å². The number of nitrogens with zero attached hydrogens (tertiary/aromatic N) is 1. The van der Waals surface area contributed by atoms with Gasteiger partial charge in [0.1, 0.15) is 11.9 Å². The van der Waals surface area contributed by atoms with Crippen LogP contribution in [0.1, 0.15) is 37.5 Å². The van der Waals surface area contributed by atoms with Crippen molar-refractivity contribution in [2.24, 2.45) is 0 Å². The molecule has 1 heterocycles. The fraction of sp³-hybridized carbons (Fsp3) is 0.467. The summed E-state index contributed by atoms with van der Waals surface area (Å²) in [7, 11) is 0. The topological polar surface area (TPSA) is 69.6 Å². The lowest BCUT2D eigenvalue weighted by atomic mass is 10.0. The fourth-order valence-corrected chi connectivity index (χ4v) is 2.59. The third kappa shape index (κ3) is 2.90. The molecule has 0 bridgehead atoms. The number of hydrogen-bond donors (Lipinski definition) is 2. The molecule has 2 N–H and O–H groups in total. The van der Waals surface area contributed by atoms with Crippen LogP contribution in [0, 0.1) is 12.7 Å². The Labute approximate surface area is 122 Å². The lowest BCUT2D eigenvalue weighted by molar-refractivity contribution is -0.132. The molecule has 21 heavy (non-hydrogen) atoms. The second-order valence-corrected chi connectivity index (χ2v) is 5.30. The summed E-state index contributed by atoms with van der Waals surface area (Å²) in [4.78, 5) is 25.2. The molecule has 114 valence electrons. The molecule has 6 heteroatoms. The Hall–Kier alpha value is -1.95. The van der Waals surface area contributed by atoms with E-state index in [4.69, 9.17) is 0 Å². The molecule has 0 saturated carbocycles. The van der Waals surface area contributed by atoms with Crippen molar-refractivity contribution < 1.29 is 19.1 Å². The quantitative estimate of drug-likeness (QED) is 0.827. The SMILES string of the molecule is CCC1C(=O)NC(=O)CN1c1cc(C)c(F)cc1[C@@H](C)O. The van der Waals surface area contributed by atoms with Crippen LogP contribution in [0.25, 0.3) is 0 Å². The maximum absolute atomic E-state index is 13.7. The maximum Gasteiger partial charge on any atom is 0.249 e. The Kier molecular flexibility index (Phi) is 4.27. The first-order valence-electron chi connectivity index (χ1n) is 6.93. The Morgan fingerprint density at radius 1 is 1.48 bits per heavy atom. The highest BCUT2D eigenvalue weighted by Gasteiger charge is 2.34. The number of hydrogen-bond acceptors (Lipinski definition) is 4. The van der Waals surface area contributed by atoms with Crippen molar-refractivity contribution in [3.63, 3.8) is 0 Å². The number of carbonyl (C=O) groups excluding carboxylic acids is 2. The van der Waals surface area contributed by atoms with Crippen LogP contribution in [-0.2, 0) is 9.59 Å². The molecule has 1 aromatic rings. The van der Waals surface area contributed by atoms with Crippen molar-refractivity contribution in [1.82, 2.24) is 5.32 Å². The molecule has 1 aliphatic rings. The van der Waals surface area contributed by atoms with Gasteiger partial charge in [-0.05, 0) is 38.0 Å². The summed E-state index contributed by atoms with van der Waals surface area (Å²) in [5.74, 6) is -1.19. The predicted molar refractivity (Wildman–Crippen MR) is 76.3 cm³/mol. The number of amides is 2. The highest BCUT2D eigenvalue weighted by atomic mass is 19.1. The molecule has 0 aliphatic carbocycles. The predicted octanol–water partition coefficient (Wildman–Crippen LogP) is 1.43. The van der Waals surface area contributed by atoms with E-state index in [9.17, 15) is 19.1 Å². The van der Waals surface area contributed by atoms with E-state index in [1.807, 2.05) is 6.92 Å². The van der Waals surface area contributed by atoms with Gasteiger partial charge in [0.05, 0.1) is 12.6 Å². The number of halogens is 1. The Balaban J connectivity index is 2.54. The molecule has 2 rings (SSSR count). The number of aliphatic hydroxyl groups is 1. The van der Waals surface area contributed by atoms with E-state index in [1.54, 1.807) is 17.9 Å². The van der Waals surface area contributed by atoms with Gasteiger partial charge in [-0.3, -0.25) is 14.9 Å². The highest BCUT2D eigenvalue weighted by Crippen LogP contribution is 2.32. The van der Waals surface area contributed by atoms with Crippen LogP contribution in [0.3, 0.4) is 0 Å². The minimum atomic E-state index is -0.896. The number of rotatable bonds is 3. The molecule has 1 aromatic carbocycles. The molecule has 1 fully saturated rings. The summed E-state index contributed by atoms with van der Waals surface area (Å²) in [6, 6.07) is 2.33. The van der Waals surface area contributed by atoms with Gasteiger partial charge in [-0.2, -0.15) is 0 Å². The van der Waals surface area contributed by atoms with E-state index in [1.165, 1.54) is 13.0 Å². The van der Waals surface area contributed by atoms with Gasteiger partial charge >= 0.3 is 0 Å². The first-order chi connectivity index (χ1) is 9.85. The van der Waals surface area contributed by atoms with Crippen LogP contribution >= 0.6 is 0 Å². The van der Waals surface area contributed by atoms with Gasteiger partial charge in [-0.15, -0.1) is 0 Å². The number of nitrogens with one attached hydrogen (secondary N) is 1. The van der Waals surface area contributed by atoms with E-state index in [-0.39, 0.29) is 12.5 Å². The lowest BCUT2D eigenvalue weighted by Crippen LogP contribution is -2.58. The normalized spacial score (nSPS) is 20.4. The van der Waals surface area contributed by atoms with Crippen molar-refractivity contribution in [2.75, 3.05) is 11.4 Å². The Bertz CT molecular complexity index is 587. The van der Waals surface area contributed by atoms with E-state index >= 15 is 0 Å². The third-order valence-corrected chi connectivity index (χ3v) is 3.71. The zero-order valence-electron chi connectivity index (χ0n) is 12.3. The molecule has 1 saturated heterocycles. The van der Waals surface area contributed by atoms with Crippen LogP contribution in [0.2, 0.25) is 0 Å². The summed E-state index contributed by atoms with van der Waals surface area (Å²) in [6.07, 6.45) is -0.387. The van der Waals surface area contributed by atoms with E-state index < -0.39 is 23.9 Å². The largest absolute Gasteiger partial charge is 0.389 e. The van der Waals surface area contributed by atoms with Crippen molar-refractivity contribution in [3.8, 4) is 0 Å². The van der Waals surface area contributed by atoms with Crippen LogP contribution in [-0.4, -0.2) is 29.5 Å². The van der Waals surface area contributed by atoms with Crippen molar-refractivity contribution in [3.05, 3.63) is 29.1 Å². The Morgan fingerprint density at radius 2 is 2.14 bits per heavy atom. The number of aliphatic hydroxyl groups excluding tert-OH is 1. The minimum Gasteiger partial charge on any atom is -0.389 e. The number of aryl methyl sites for hydroxylation is 1. The number of benzene rings is 1. The van der Waals surface area contributed by atoms with Gasteiger partial charge in [0.15, 0.2) is 0 Å². The minimum absolute atomic E-state index is 0.00897. The fourth-order valence-electron chi connectivity index (χ4n) is 2.59. The second-order valence-electron chi connectivity index (χ2n) is 5.30. The first kappa shape index (κ1) is 15.4. The third-order valence-electron chi connectivity index (χ3n) is 3.71. The van der Waals surface area contributed by atoms with Gasteiger partial charge in [-0.1, -0.05) is 6.92 Å². The number of piperazine rings is 1. The standard InChI is InChI=1S/C15H19FN2O3/c1-4-12-15(21)17-14(20)7-18(12)13-5-8(2)11(16)6-10(13)9(3)19/h5-6,9,12,19H,4,7H2,1-3H3,(H,17,20,21)/t9-,12?/m1/s1. The number of carbonyl (C=O) groups is 2. The van der Waals surface area contributed by atoms with Crippen LogP contribution in [0.15, 0.2) is 12.1 Å². The summed E-state index contributed by atoms with van der Waals surface area (Å²) in [5.41, 5.74) is 1.31. The summed E-state index contributed by atoms with van der Waals surface area (Å²) in [6.45, 7) is 4.98. The smallest absolute Gasteiger partial charge is 0.249 e. The zero-order valence-corrected chi connectivity index (χ0v) is 12.3. The average Bonchev–Trinajstić information content (AvgIpc) is 2.40. The highest BCUT2D eigenvalue weighted by molar-refractivity contribution is 6.04.